The summed E-state index contributed by atoms with van der Waals surface area (Å²) in [7, 11) is 0. The lowest BCUT2D eigenvalue weighted by atomic mass is 9.75. The first kappa shape index (κ1) is 9.09. The summed E-state index contributed by atoms with van der Waals surface area (Å²) in [5.74, 6) is 3.01. The summed E-state index contributed by atoms with van der Waals surface area (Å²) in [5, 5.41) is 0. The molecule has 0 nitrogen and oxygen atoms in total. The maximum absolute atomic E-state index is 2.38. The van der Waals surface area contributed by atoms with E-state index in [0.717, 1.165) is 17.8 Å². The van der Waals surface area contributed by atoms with Crippen LogP contribution in [0.4, 0.5) is 0 Å². The van der Waals surface area contributed by atoms with Crippen LogP contribution < -0.4 is 0 Å². The second kappa shape index (κ2) is 4.13. The maximum Gasteiger partial charge on any atom is -0.0388 e. The molecule has 0 amide bonds. The van der Waals surface area contributed by atoms with Crippen molar-refractivity contribution < 1.29 is 0 Å². The van der Waals surface area contributed by atoms with Crippen molar-refractivity contribution in [1.82, 2.24) is 0 Å². The van der Waals surface area contributed by atoms with Gasteiger partial charge in [-0.1, -0.05) is 46.5 Å². The molecule has 2 atom stereocenters. The Kier molecular flexibility index (Phi) is 3.42. The first-order chi connectivity index (χ1) is 5.24. The predicted octanol–water partition coefficient (Wildman–Crippen LogP) is 3.86. The largest absolute Gasteiger partial charge is 0.0651 e. The van der Waals surface area contributed by atoms with E-state index in [9.17, 15) is 0 Å². The van der Waals surface area contributed by atoms with Gasteiger partial charge in [-0.3, -0.25) is 0 Å². The molecule has 1 rings (SSSR count). The Balaban J connectivity index is 2.33. The topological polar surface area (TPSA) is 0 Å². The number of rotatable bonds is 2. The molecular formula is C11H22. The fraction of sp³-hybridized carbons (Fsp3) is 1.00. The van der Waals surface area contributed by atoms with E-state index in [-0.39, 0.29) is 0 Å². The molecule has 0 heterocycles. The van der Waals surface area contributed by atoms with Crippen LogP contribution in [-0.4, -0.2) is 0 Å². The van der Waals surface area contributed by atoms with Gasteiger partial charge >= 0.3 is 0 Å². The minimum Gasteiger partial charge on any atom is -0.0651 e. The molecule has 0 N–H and O–H groups in total. The van der Waals surface area contributed by atoms with E-state index in [0.29, 0.717) is 0 Å². The van der Waals surface area contributed by atoms with Crippen molar-refractivity contribution in [3.63, 3.8) is 0 Å². The van der Waals surface area contributed by atoms with Gasteiger partial charge < -0.3 is 0 Å². The Labute approximate surface area is 71.4 Å². The van der Waals surface area contributed by atoms with Crippen LogP contribution in [0.25, 0.3) is 0 Å². The molecule has 0 heteroatoms. The third-order valence-corrected chi connectivity index (χ3v) is 3.34. The van der Waals surface area contributed by atoms with Gasteiger partial charge in [0.05, 0.1) is 0 Å². The molecule has 11 heavy (non-hydrogen) atoms. The molecule has 0 aromatic heterocycles. The van der Waals surface area contributed by atoms with Gasteiger partial charge in [-0.05, 0) is 24.2 Å². The second-order valence-corrected chi connectivity index (χ2v) is 4.44. The fourth-order valence-corrected chi connectivity index (χ4v) is 2.31. The first-order valence-electron chi connectivity index (χ1n) is 5.24. The van der Waals surface area contributed by atoms with Crippen molar-refractivity contribution in [2.45, 2.75) is 52.9 Å². The van der Waals surface area contributed by atoms with Crippen LogP contribution in [0.3, 0.4) is 0 Å². The average molecular weight is 154 g/mol. The summed E-state index contributed by atoms with van der Waals surface area (Å²) in [6.07, 6.45) is 7.40. The van der Waals surface area contributed by atoms with Crippen molar-refractivity contribution in [1.29, 1.82) is 0 Å². The third-order valence-electron chi connectivity index (χ3n) is 3.34. The number of hydrogen-bond donors (Lipinski definition) is 0. The molecule has 0 aromatic rings. The van der Waals surface area contributed by atoms with Crippen LogP contribution in [0.5, 0.6) is 0 Å². The molecule has 0 radical (unpaired) electrons. The van der Waals surface area contributed by atoms with Gasteiger partial charge in [-0.2, -0.15) is 0 Å². The van der Waals surface area contributed by atoms with Gasteiger partial charge in [-0.15, -0.1) is 0 Å². The lowest BCUT2D eigenvalue weighted by Gasteiger charge is -2.30. The molecule has 0 spiro atoms. The van der Waals surface area contributed by atoms with Crippen molar-refractivity contribution in [3.8, 4) is 0 Å². The highest BCUT2D eigenvalue weighted by atomic mass is 14.3. The summed E-state index contributed by atoms with van der Waals surface area (Å²) in [5.41, 5.74) is 0. The van der Waals surface area contributed by atoms with Gasteiger partial charge in [0, 0.05) is 0 Å². The van der Waals surface area contributed by atoms with Crippen LogP contribution in [0.15, 0.2) is 0 Å². The average Bonchev–Trinajstić information content (AvgIpc) is 2.05. The third kappa shape index (κ3) is 2.50. The van der Waals surface area contributed by atoms with Crippen LogP contribution in [-0.2, 0) is 0 Å². The Morgan fingerprint density at radius 3 is 2.55 bits per heavy atom. The quantitative estimate of drug-likeness (QED) is 0.566. The van der Waals surface area contributed by atoms with Crippen molar-refractivity contribution in [3.05, 3.63) is 0 Å². The summed E-state index contributed by atoms with van der Waals surface area (Å²) in [4.78, 5) is 0. The van der Waals surface area contributed by atoms with Gasteiger partial charge in [0.15, 0.2) is 0 Å². The van der Waals surface area contributed by atoms with Crippen molar-refractivity contribution in [2.24, 2.45) is 17.8 Å². The highest BCUT2D eigenvalue weighted by molar-refractivity contribution is 4.74. The molecule has 0 unspecified atom stereocenters. The maximum atomic E-state index is 2.38. The molecule has 1 aliphatic carbocycles. The van der Waals surface area contributed by atoms with E-state index >= 15 is 0 Å². The molecule has 0 aliphatic heterocycles. The Morgan fingerprint density at radius 1 is 1.27 bits per heavy atom. The lowest BCUT2D eigenvalue weighted by molar-refractivity contribution is 0.211. The SMILES string of the molecule is CC[C@H]1CCC[C@H](C(C)C)C1. The van der Waals surface area contributed by atoms with E-state index in [1.54, 1.807) is 0 Å². The van der Waals surface area contributed by atoms with Crippen LogP contribution in [0.2, 0.25) is 0 Å². The molecule has 0 bridgehead atoms. The minimum absolute atomic E-state index is 0.921. The fourth-order valence-electron chi connectivity index (χ4n) is 2.31. The van der Waals surface area contributed by atoms with E-state index in [1.807, 2.05) is 0 Å². The molecule has 66 valence electrons. The van der Waals surface area contributed by atoms with Crippen LogP contribution in [0.1, 0.15) is 52.9 Å². The van der Waals surface area contributed by atoms with Gasteiger partial charge in [0.1, 0.15) is 0 Å². The van der Waals surface area contributed by atoms with E-state index in [1.165, 1.54) is 32.1 Å². The summed E-state index contributed by atoms with van der Waals surface area (Å²) < 4.78 is 0. The Hall–Kier alpha value is 0. The van der Waals surface area contributed by atoms with E-state index in [4.69, 9.17) is 0 Å². The summed E-state index contributed by atoms with van der Waals surface area (Å²) in [6, 6.07) is 0. The second-order valence-electron chi connectivity index (χ2n) is 4.44. The molecule has 0 saturated heterocycles. The van der Waals surface area contributed by atoms with Crippen LogP contribution in [0, 0.1) is 17.8 Å². The highest BCUT2D eigenvalue weighted by Gasteiger charge is 2.22. The van der Waals surface area contributed by atoms with Crippen molar-refractivity contribution >= 4 is 0 Å². The summed E-state index contributed by atoms with van der Waals surface area (Å²) in [6.45, 7) is 7.10. The van der Waals surface area contributed by atoms with Crippen molar-refractivity contribution in [2.75, 3.05) is 0 Å². The summed E-state index contributed by atoms with van der Waals surface area (Å²) >= 11 is 0. The Bertz CT molecular complexity index is 105. The zero-order valence-electron chi connectivity index (χ0n) is 8.27. The van der Waals surface area contributed by atoms with Gasteiger partial charge in [-0.25, -0.2) is 0 Å². The zero-order chi connectivity index (χ0) is 8.27. The van der Waals surface area contributed by atoms with Gasteiger partial charge in [0.2, 0.25) is 0 Å². The minimum atomic E-state index is 0.921. The van der Waals surface area contributed by atoms with Gasteiger partial charge in [0.25, 0.3) is 0 Å². The standard InChI is InChI=1S/C11H22/c1-4-10-6-5-7-11(8-10)9(2)3/h9-11H,4-8H2,1-3H3/t10-,11-/m0/s1. The number of hydrogen-bond acceptors (Lipinski definition) is 0. The lowest BCUT2D eigenvalue weighted by Crippen LogP contribution is -2.19. The zero-order valence-corrected chi connectivity index (χ0v) is 8.27. The monoisotopic (exact) mass is 154 g/mol. The molecule has 1 aliphatic rings. The molecular weight excluding hydrogens is 132 g/mol. The highest BCUT2D eigenvalue weighted by Crippen LogP contribution is 2.34. The van der Waals surface area contributed by atoms with Crippen LogP contribution >= 0.6 is 0 Å². The normalized spacial score (nSPS) is 32.7. The molecule has 0 aromatic carbocycles. The first-order valence-corrected chi connectivity index (χ1v) is 5.24. The van der Waals surface area contributed by atoms with E-state index in [2.05, 4.69) is 20.8 Å². The van der Waals surface area contributed by atoms with E-state index < -0.39 is 0 Å². The molecule has 1 saturated carbocycles. The Morgan fingerprint density at radius 2 is 2.00 bits per heavy atom. The molecule has 1 fully saturated rings. The predicted molar refractivity (Wildman–Crippen MR) is 50.6 cm³/mol. The smallest absolute Gasteiger partial charge is 0.0388 e.